The predicted molar refractivity (Wildman–Crippen MR) is 69.2 cm³/mol. The molecule has 0 spiro atoms. The molecule has 1 aromatic rings. The highest BCUT2D eigenvalue weighted by molar-refractivity contribution is 5.85. The molecular weight excluding hydrogens is 246 g/mol. The Morgan fingerprint density at radius 2 is 2.42 bits per heavy atom. The summed E-state index contributed by atoms with van der Waals surface area (Å²) in [5.41, 5.74) is 4.87. The van der Waals surface area contributed by atoms with Crippen LogP contribution in [0.3, 0.4) is 0 Å². The van der Waals surface area contributed by atoms with Crippen LogP contribution in [-0.2, 0) is 22.5 Å². The minimum Gasteiger partial charge on any atom is -0.382 e. The Balaban J connectivity index is 2.15. The fourth-order valence-corrected chi connectivity index (χ4v) is 2.66. The minimum atomic E-state index is -0.714. The van der Waals surface area contributed by atoms with Crippen molar-refractivity contribution in [3.8, 4) is 0 Å². The van der Waals surface area contributed by atoms with Gasteiger partial charge in [-0.3, -0.25) is 14.8 Å². The van der Waals surface area contributed by atoms with Gasteiger partial charge in [-0.05, 0) is 19.4 Å². The number of hydrogen-bond donors (Lipinski definition) is 2. The molecular formula is C12H21N5O2. The zero-order valence-electron chi connectivity index (χ0n) is 11.5. The molecule has 0 aliphatic carbocycles. The number of carbonyl (C=O) groups is 1. The number of nitrogens with one attached hydrogen (secondary N) is 1. The summed E-state index contributed by atoms with van der Waals surface area (Å²) in [5, 5.41) is 7.01. The molecule has 1 unspecified atom stereocenters. The normalized spacial score (nSPS) is 23.9. The van der Waals surface area contributed by atoms with E-state index in [9.17, 15) is 4.79 Å². The fourth-order valence-electron chi connectivity index (χ4n) is 2.66. The van der Waals surface area contributed by atoms with Gasteiger partial charge in [0, 0.05) is 13.5 Å². The summed E-state index contributed by atoms with van der Waals surface area (Å²) >= 11 is 0. The van der Waals surface area contributed by atoms with Crippen LogP contribution in [0.1, 0.15) is 31.4 Å². The maximum absolute atomic E-state index is 11.8. The van der Waals surface area contributed by atoms with E-state index in [0.717, 1.165) is 37.5 Å². The molecule has 1 saturated heterocycles. The van der Waals surface area contributed by atoms with Gasteiger partial charge in [0.2, 0.25) is 5.91 Å². The van der Waals surface area contributed by atoms with Crippen molar-refractivity contribution in [1.82, 2.24) is 20.1 Å². The zero-order valence-corrected chi connectivity index (χ0v) is 11.5. The van der Waals surface area contributed by atoms with Crippen LogP contribution >= 0.6 is 0 Å². The van der Waals surface area contributed by atoms with Gasteiger partial charge in [-0.25, -0.2) is 4.98 Å². The second-order valence-corrected chi connectivity index (χ2v) is 4.91. The number of methoxy groups -OCH3 is 1. The van der Waals surface area contributed by atoms with Crippen LogP contribution in [0.25, 0.3) is 0 Å². The van der Waals surface area contributed by atoms with E-state index in [4.69, 9.17) is 10.5 Å². The van der Waals surface area contributed by atoms with Crippen molar-refractivity contribution in [2.75, 3.05) is 20.3 Å². The van der Waals surface area contributed by atoms with E-state index in [2.05, 4.69) is 15.2 Å². The van der Waals surface area contributed by atoms with E-state index in [1.54, 1.807) is 7.11 Å². The molecule has 1 aromatic heterocycles. The summed E-state index contributed by atoms with van der Waals surface area (Å²) in [5.74, 6) is 1.22. The second-order valence-electron chi connectivity index (χ2n) is 4.91. The number of rotatable bonds is 6. The summed E-state index contributed by atoms with van der Waals surface area (Å²) < 4.78 is 5.20. The molecule has 0 saturated carbocycles. The molecule has 1 fully saturated rings. The lowest BCUT2D eigenvalue weighted by molar-refractivity contribution is -0.132. The maximum atomic E-state index is 11.8. The van der Waals surface area contributed by atoms with Crippen LogP contribution in [0.2, 0.25) is 0 Å². The fraction of sp³-hybridized carbons (Fsp3) is 0.750. The third-order valence-corrected chi connectivity index (χ3v) is 3.70. The third kappa shape index (κ3) is 2.62. The number of aromatic nitrogens is 3. The number of carbonyl (C=O) groups excluding carboxylic acids is 1. The number of amides is 1. The first-order valence-corrected chi connectivity index (χ1v) is 6.56. The number of likely N-dealkylation sites (tertiary alicyclic amines) is 1. The third-order valence-electron chi connectivity index (χ3n) is 3.70. The Morgan fingerprint density at radius 1 is 1.63 bits per heavy atom. The van der Waals surface area contributed by atoms with Gasteiger partial charge < -0.3 is 10.5 Å². The molecule has 0 radical (unpaired) electrons. The number of aromatic amines is 1. The Labute approximate surface area is 112 Å². The number of aryl methyl sites for hydroxylation is 1. The largest absolute Gasteiger partial charge is 0.382 e. The van der Waals surface area contributed by atoms with Crippen molar-refractivity contribution in [2.45, 2.75) is 38.3 Å². The molecule has 3 N–H and O–H groups in total. The number of ether oxygens (including phenoxy) is 1. The lowest BCUT2D eigenvalue weighted by atomic mass is 9.96. The molecule has 7 heteroatoms. The number of nitrogens with two attached hydrogens (primary N) is 1. The molecule has 1 amide bonds. The van der Waals surface area contributed by atoms with E-state index < -0.39 is 5.54 Å². The van der Waals surface area contributed by atoms with Crippen molar-refractivity contribution in [3.63, 3.8) is 0 Å². The molecule has 0 bridgehead atoms. The Hall–Kier alpha value is -1.47. The minimum absolute atomic E-state index is 0.317. The number of primary amides is 1. The van der Waals surface area contributed by atoms with Gasteiger partial charge in [0.1, 0.15) is 17.2 Å². The van der Waals surface area contributed by atoms with Crippen molar-refractivity contribution < 1.29 is 9.53 Å². The first-order chi connectivity index (χ1) is 9.12. The van der Waals surface area contributed by atoms with Crippen LogP contribution in [0, 0.1) is 0 Å². The van der Waals surface area contributed by atoms with Crippen molar-refractivity contribution in [1.29, 1.82) is 0 Å². The molecule has 2 rings (SSSR count). The summed E-state index contributed by atoms with van der Waals surface area (Å²) in [6.45, 7) is 3.67. The summed E-state index contributed by atoms with van der Waals surface area (Å²) in [6.07, 6.45) is 2.45. The van der Waals surface area contributed by atoms with Crippen LogP contribution in [0.15, 0.2) is 0 Å². The van der Waals surface area contributed by atoms with Crippen LogP contribution < -0.4 is 5.73 Å². The van der Waals surface area contributed by atoms with E-state index in [1.807, 2.05) is 11.8 Å². The number of hydrogen-bond acceptors (Lipinski definition) is 5. The first-order valence-electron chi connectivity index (χ1n) is 6.56. The Morgan fingerprint density at radius 3 is 3.00 bits per heavy atom. The van der Waals surface area contributed by atoms with Gasteiger partial charge in [0.05, 0.1) is 13.2 Å². The van der Waals surface area contributed by atoms with E-state index in [1.165, 1.54) is 0 Å². The van der Waals surface area contributed by atoms with Gasteiger partial charge in [-0.15, -0.1) is 0 Å². The van der Waals surface area contributed by atoms with Crippen molar-refractivity contribution >= 4 is 5.91 Å². The van der Waals surface area contributed by atoms with Gasteiger partial charge in [-0.1, -0.05) is 6.92 Å². The molecule has 1 aliphatic heterocycles. The maximum Gasteiger partial charge on any atom is 0.240 e. The highest BCUT2D eigenvalue weighted by Gasteiger charge is 2.46. The van der Waals surface area contributed by atoms with Crippen molar-refractivity contribution in [3.05, 3.63) is 11.6 Å². The van der Waals surface area contributed by atoms with Crippen molar-refractivity contribution in [2.24, 2.45) is 5.73 Å². The quantitative estimate of drug-likeness (QED) is 0.746. The standard InChI is InChI=1S/C12H21N5O2/c1-3-9-14-10(16-15-9)7-17-6-4-5-12(17,8-19-2)11(13)18/h3-8H2,1-2H3,(H2,13,18)(H,14,15,16). The zero-order chi connectivity index (χ0) is 13.9. The summed E-state index contributed by atoms with van der Waals surface area (Å²) in [4.78, 5) is 18.2. The smallest absolute Gasteiger partial charge is 0.240 e. The molecule has 19 heavy (non-hydrogen) atoms. The molecule has 1 aliphatic rings. The number of nitrogens with zero attached hydrogens (tertiary/aromatic N) is 3. The van der Waals surface area contributed by atoms with Crippen LogP contribution in [-0.4, -0.2) is 51.8 Å². The molecule has 1 atom stereocenters. The summed E-state index contributed by atoms with van der Waals surface area (Å²) in [6, 6.07) is 0. The average molecular weight is 267 g/mol. The molecule has 106 valence electrons. The Bertz CT molecular complexity index is 447. The first kappa shape index (κ1) is 14.0. The second kappa shape index (κ2) is 5.66. The molecule has 2 heterocycles. The molecule has 0 aromatic carbocycles. The van der Waals surface area contributed by atoms with Gasteiger partial charge in [-0.2, -0.15) is 5.10 Å². The molecule has 7 nitrogen and oxygen atoms in total. The predicted octanol–water partition coefficient (Wildman–Crippen LogP) is -0.167. The Kier molecular flexibility index (Phi) is 4.16. The highest BCUT2D eigenvalue weighted by atomic mass is 16.5. The summed E-state index contributed by atoms with van der Waals surface area (Å²) in [7, 11) is 1.59. The van der Waals surface area contributed by atoms with Gasteiger partial charge in [0.25, 0.3) is 0 Å². The average Bonchev–Trinajstić information content (AvgIpc) is 2.98. The SMILES string of the molecule is CCc1n[nH]c(CN2CCCC2(COC)C(N)=O)n1. The highest BCUT2D eigenvalue weighted by Crippen LogP contribution is 2.30. The van der Waals surface area contributed by atoms with E-state index >= 15 is 0 Å². The number of H-pyrrole nitrogens is 1. The monoisotopic (exact) mass is 267 g/mol. The topological polar surface area (TPSA) is 97.1 Å². The van der Waals surface area contributed by atoms with Crippen LogP contribution in [0.4, 0.5) is 0 Å². The van der Waals surface area contributed by atoms with E-state index in [0.29, 0.717) is 13.2 Å². The van der Waals surface area contributed by atoms with E-state index in [-0.39, 0.29) is 5.91 Å². The lowest BCUT2D eigenvalue weighted by Crippen LogP contribution is -2.56. The van der Waals surface area contributed by atoms with Gasteiger partial charge in [0.15, 0.2) is 0 Å². The van der Waals surface area contributed by atoms with Crippen LogP contribution in [0.5, 0.6) is 0 Å². The van der Waals surface area contributed by atoms with Gasteiger partial charge >= 0.3 is 0 Å². The lowest BCUT2D eigenvalue weighted by Gasteiger charge is -2.34.